The Hall–Kier alpha value is -1.38. The van der Waals surface area contributed by atoms with Gasteiger partial charge in [-0.2, -0.15) is 0 Å². The summed E-state index contributed by atoms with van der Waals surface area (Å²) in [5, 5.41) is 0. The van der Waals surface area contributed by atoms with Crippen LogP contribution in [0.15, 0.2) is 24.5 Å². The van der Waals surface area contributed by atoms with Crippen LogP contribution in [-0.2, 0) is 4.79 Å². The summed E-state index contributed by atoms with van der Waals surface area (Å²) in [6.07, 6.45) is 5.58. The minimum atomic E-state index is 0.561. The quantitative estimate of drug-likeness (QED) is 0.489. The van der Waals surface area contributed by atoms with E-state index in [4.69, 9.17) is 4.74 Å². The zero-order chi connectivity index (χ0) is 8.65. The van der Waals surface area contributed by atoms with Crippen LogP contribution in [-0.4, -0.2) is 17.9 Å². The van der Waals surface area contributed by atoms with Crippen molar-refractivity contribution in [3.8, 4) is 5.75 Å². The predicted octanol–water partition coefficient (Wildman–Crippen LogP) is 1.44. The van der Waals surface area contributed by atoms with E-state index in [1.807, 2.05) is 0 Å². The number of hydrogen-bond acceptors (Lipinski definition) is 3. The van der Waals surface area contributed by atoms with Gasteiger partial charge in [-0.05, 0) is 18.6 Å². The van der Waals surface area contributed by atoms with Crippen LogP contribution in [0.3, 0.4) is 0 Å². The lowest BCUT2D eigenvalue weighted by Gasteiger charge is -2.02. The van der Waals surface area contributed by atoms with Crippen LogP contribution < -0.4 is 4.74 Å². The van der Waals surface area contributed by atoms with E-state index in [1.54, 1.807) is 24.5 Å². The van der Waals surface area contributed by atoms with E-state index in [0.29, 0.717) is 13.0 Å². The van der Waals surface area contributed by atoms with Crippen LogP contribution in [0.5, 0.6) is 5.75 Å². The molecule has 0 aromatic carbocycles. The van der Waals surface area contributed by atoms with Crippen LogP contribution in [0.2, 0.25) is 0 Å². The highest BCUT2D eigenvalue weighted by atomic mass is 16.5. The number of unbranched alkanes of at least 4 members (excludes halogenated alkanes) is 1. The maximum atomic E-state index is 9.95. The third kappa shape index (κ3) is 3.14. The molecule has 0 spiro atoms. The maximum absolute atomic E-state index is 9.95. The number of hydrogen-bond donors (Lipinski definition) is 0. The van der Waals surface area contributed by atoms with Gasteiger partial charge in [-0.1, -0.05) is 0 Å². The van der Waals surface area contributed by atoms with Gasteiger partial charge >= 0.3 is 0 Å². The van der Waals surface area contributed by atoms with Crippen molar-refractivity contribution in [3.63, 3.8) is 0 Å². The molecule has 0 unspecified atom stereocenters. The van der Waals surface area contributed by atoms with E-state index in [0.717, 1.165) is 18.5 Å². The SMILES string of the molecule is O=CCCCOc1ccncc1. The van der Waals surface area contributed by atoms with Crippen molar-refractivity contribution in [2.75, 3.05) is 6.61 Å². The molecule has 0 saturated carbocycles. The average Bonchev–Trinajstić information content (AvgIpc) is 2.14. The van der Waals surface area contributed by atoms with Gasteiger partial charge in [-0.3, -0.25) is 4.98 Å². The maximum Gasteiger partial charge on any atom is 0.122 e. The molecule has 0 saturated heterocycles. The first-order valence-electron chi connectivity index (χ1n) is 3.90. The first kappa shape index (κ1) is 8.71. The van der Waals surface area contributed by atoms with Crippen molar-refractivity contribution in [3.05, 3.63) is 24.5 Å². The molecule has 0 fully saturated rings. The van der Waals surface area contributed by atoms with Crippen LogP contribution >= 0.6 is 0 Å². The highest BCUT2D eigenvalue weighted by molar-refractivity contribution is 5.48. The lowest BCUT2D eigenvalue weighted by Crippen LogP contribution is -1.97. The molecule has 0 aliphatic rings. The molecular formula is C9H11NO2. The summed E-state index contributed by atoms with van der Waals surface area (Å²) in [6, 6.07) is 3.59. The fraction of sp³-hybridized carbons (Fsp3) is 0.333. The number of pyridine rings is 1. The number of aldehydes is 1. The van der Waals surface area contributed by atoms with Gasteiger partial charge in [0.2, 0.25) is 0 Å². The lowest BCUT2D eigenvalue weighted by atomic mass is 10.3. The number of aromatic nitrogens is 1. The Bertz CT molecular complexity index is 223. The van der Waals surface area contributed by atoms with Crippen LogP contribution in [0.25, 0.3) is 0 Å². The Morgan fingerprint density at radius 3 is 2.83 bits per heavy atom. The Morgan fingerprint density at radius 2 is 2.17 bits per heavy atom. The second-order valence-electron chi connectivity index (χ2n) is 2.34. The molecule has 1 aromatic rings. The Kier molecular flexibility index (Phi) is 3.84. The number of rotatable bonds is 5. The van der Waals surface area contributed by atoms with Gasteiger partial charge in [0.05, 0.1) is 6.61 Å². The summed E-state index contributed by atoms with van der Waals surface area (Å²) in [4.78, 5) is 13.8. The van der Waals surface area contributed by atoms with Gasteiger partial charge in [0.15, 0.2) is 0 Å². The average molecular weight is 165 g/mol. The molecule has 0 aliphatic heterocycles. The number of carbonyl (C=O) groups is 1. The molecule has 0 aliphatic carbocycles. The normalized spacial score (nSPS) is 9.33. The Morgan fingerprint density at radius 1 is 1.42 bits per heavy atom. The van der Waals surface area contributed by atoms with E-state index in [1.165, 1.54) is 0 Å². The smallest absolute Gasteiger partial charge is 0.122 e. The van der Waals surface area contributed by atoms with Gasteiger partial charge in [-0.25, -0.2) is 0 Å². The monoisotopic (exact) mass is 165 g/mol. The van der Waals surface area contributed by atoms with Gasteiger partial charge in [0, 0.05) is 18.8 Å². The largest absolute Gasteiger partial charge is 0.493 e. The fourth-order valence-corrected chi connectivity index (χ4v) is 0.791. The van der Waals surface area contributed by atoms with Crippen molar-refractivity contribution >= 4 is 6.29 Å². The van der Waals surface area contributed by atoms with E-state index in [9.17, 15) is 4.79 Å². The van der Waals surface area contributed by atoms with Crippen LogP contribution in [0.4, 0.5) is 0 Å². The van der Waals surface area contributed by atoms with E-state index in [2.05, 4.69) is 4.98 Å². The third-order valence-corrected chi connectivity index (χ3v) is 1.38. The molecule has 3 nitrogen and oxygen atoms in total. The summed E-state index contributed by atoms with van der Waals surface area (Å²) in [5.41, 5.74) is 0. The molecule has 64 valence electrons. The summed E-state index contributed by atoms with van der Waals surface area (Å²) in [7, 11) is 0. The van der Waals surface area contributed by atoms with Crippen LogP contribution in [0.1, 0.15) is 12.8 Å². The van der Waals surface area contributed by atoms with Gasteiger partial charge in [-0.15, -0.1) is 0 Å². The first-order chi connectivity index (χ1) is 5.93. The molecule has 0 bridgehead atoms. The Labute approximate surface area is 71.4 Å². The van der Waals surface area contributed by atoms with Crippen molar-refractivity contribution in [1.29, 1.82) is 0 Å². The molecular weight excluding hydrogens is 154 g/mol. The van der Waals surface area contributed by atoms with E-state index >= 15 is 0 Å². The Balaban J connectivity index is 2.20. The highest BCUT2D eigenvalue weighted by Crippen LogP contribution is 2.06. The lowest BCUT2D eigenvalue weighted by molar-refractivity contribution is -0.108. The van der Waals surface area contributed by atoms with Crippen molar-refractivity contribution in [2.24, 2.45) is 0 Å². The molecule has 1 aromatic heterocycles. The third-order valence-electron chi connectivity index (χ3n) is 1.38. The summed E-state index contributed by atoms with van der Waals surface area (Å²) in [6.45, 7) is 0.586. The molecule has 0 amide bonds. The second kappa shape index (κ2) is 5.29. The molecule has 0 N–H and O–H groups in total. The predicted molar refractivity (Wildman–Crippen MR) is 45.0 cm³/mol. The molecule has 3 heteroatoms. The van der Waals surface area contributed by atoms with Crippen LogP contribution in [0, 0.1) is 0 Å². The standard InChI is InChI=1S/C9H11NO2/c11-7-1-2-8-12-9-3-5-10-6-4-9/h3-7H,1-2,8H2. The highest BCUT2D eigenvalue weighted by Gasteiger charge is 1.90. The van der Waals surface area contributed by atoms with E-state index in [-0.39, 0.29) is 0 Å². The second-order valence-corrected chi connectivity index (χ2v) is 2.34. The molecule has 1 rings (SSSR count). The molecule has 1 heterocycles. The minimum absolute atomic E-state index is 0.561. The first-order valence-corrected chi connectivity index (χ1v) is 3.90. The number of carbonyl (C=O) groups excluding carboxylic acids is 1. The van der Waals surface area contributed by atoms with Crippen molar-refractivity contribution < 1.29 is 9.53 Å². The van der Waals surface area contributed by atoms with Crippen molar-refractivity contribution in [1.82, 2.24) is 4.98 Å². The molecule has 0 atom stereocenters. The topological polar surface area (TPSA) is 39.2 Å². The summed E-state index contributed by atoms with van der Waals surface area (Å²) < 4.78 is 5.31. The van der Waals surface area contributed by atoms with Gasteiger partial charge in [0.25, 0.3) is 0 Å². The molecule has 12 heavy (non-hydrogen) atoms. The van der Waals surface area contributed by atoms with Gasteiger partial charge in [0.1, 0.15) is 12.0 Å². The number of ether oxygens (including phenoxy) is 1. The summed E-state index contributed by atoms with van der Waals surface area (Å²) >= 11 is 0. The fourth-order valence-electron chi connectivity index (χ4n) is 0.791. The zero-order valence-corrected chi connectivity index (χ0v) is 6.77. The number of nitrogens with zero attached hydrogens (tertiary/aromatic N) is 1. The van der Waals surface area contributed by atoms with Gasteiger partial charge < -0.3 is 9.53 Å². The summed E-state index contributed by atoms with van der Waals surface area (Å²) in [5.74, 6) is 0.802. The zero-order valence-electron chi connectivity index (χ0n) is 6.77. The van der Waals surface area contributed by atoms with E-state index < -0.39 is 0 Å². The minimum Gasteiger partial charge on any atom is -0.493 e. The molecule has 0 radical (unpaired) electrons. The van der Waals surface area contributed by atoms with Crippen molar-refractivity contribution in [2.45, 2.75) is 12.8 Å².